The lowest BCUT2D eigenvalue weighted by Crippen LogP contribution is -2.53. The Bertz CT molecular complexity index is 1020. The average Bonchev–Trinajstić information content (AvgIpc) is 2.79. The average molecular weight is 476 g/mol. The van der Waals surface area contributed by atoms with E-state index in [1.54, 1.807) is 0 Å². The van der Waals surface area contributed by atoms with Crippen molar-refractivity contribution in [3.05, 3.63) is 36.4 Å². The lowest BCUT2D eigenvalue weighted by molar-refractivity contribution is -0.0665. The van der Waals surface area contributed by atoms with E-state index in [0.29, 0.717) is 5.95 Å². The molecule has 2 atom stereocenters. The van der Waals surface area contributed by atoms with E-state index in [1.807, 2.05) is 0 Å². The summed E-state index contributed by atoms with van der Waals surface area (Å²) in [5, 5.41) is 5.94. The van der Waals surface area contributed by atoms with Gasteiger partial charge in [-0.1, -0.05) is 0 Å². The number of carbonyl (C=O) groups excluding carboxylic acids is 1. The summed E-state index contributed by atoms with van der Waals surface area (Å²) in [4.78, 5) is 25.3. The van der Waals surface area contributed by atoms with Gasteiger partial charge in [0.1, 0.15) is 17.1 Å². The van der Waals surface area contributed by atoms with Crippen molar-refractivity contribution in [3.63, 3.8) is 0 Å². The monoisotopic (exact) mass is 475 g/mol. The summed E-state index contributed by atoms with van der Waals surface area (Å²) in [5.74, 6) is 1.95. The topological polar surface area (TPSA) is 89.0 Å². The number of pyridine rings is 1. The molecule has 2 unspecified atom stereocenters. The van der Waals surface area contributed by atoms with Crippen molar-refractivity contribution in [2.45, 2.75) is 64.3 Å². The minimum atomic E-state index is -3.32. The van der Waals surface area contributed by atoms with Crippen LogP contribution in [-0.4, -0.2) is 39.7 Å². The summed E-state index contributed by atoms with van der Waals surface area (Å²) in [6.07, 6.45) is 5.56. The van der Waals surface area contributed by atoms with Crippen LogP contribution in [-0.2, 0) is 0 Å². The highest BCUT2D eigenvalue weighted by Crippen LogP contribution is 2.61. The van der Waals surface area contributed by atoms with Gasteiger partial charge in [0.2, 0.25) is 5.95 Å². The highest BCUT2D eigenvalue weighted by atomic mass is 19.3. The van der Waals surface area contributed by atoms with Crippen molar-refractivity contribution in [1.29, 1.82) is 0 Å². The van der Waals surface area contributed by atoms with Crippen molar-refractivity contribution in [1.82, 2.24) is 15.0 Å². The molecule has 4 saturated carbocycles. The third kappa shape index (κ3) is 4.54. The number of aromatic nitrogens is 3. The number of nitrogens with one attached hydrogen (secondary N) is 2. The van der Waals surface area contributed by atoms with Crippen molar-refractivity contribution in [2.75, 3.05) is 10.6 Å². The summed E-state index contributed by atoms with van der Waals surface area (Å²) in [5.41, 5.74) is 0.285. The summed E-state index contributed by atoms with van der Waals surface area (Å²) >= 11 is 0. The van der Waals surface area contributed by atoms with E-state index in [1.165, 1.54) is 69.2 Å². The largest absolute Gasteiger partial charge is 0.452 e. The normalized spacial score (nSPS) is 29.0. The Morgan fingerprint density at radius 2 is 1.76 bits per heavy atom. The van der Waals surface area contributed by atoms with Gasteiger partial charge in [-0.25, -0.2) is 18.7 Å². The number of amides is 1. The summed E-state index contributed by atoms with van der Waals surface area (Å²) in [6, 6.07) is 2.82. The molecular formula is C24H28F3N5O2. The van der Waals surface area contributed by atoms with E-state index >= 15 is 0 Å². The predicted molar refractivity (Wildman–Crippen MR) is 119 cm³/mol. The smallest absolute Gasteiger partial charge is 0.304 e. The number of alkyl halides is 3. The Hall–Kier alpha value is -2.91. The van der Waals surface area contributed by atoms with Gasteiger partial charge >= 0.3 is 6.43 Å². The standard InChI is InChI=1S/C24H28F3N5O2/c1-13(24-9-14-6-15(10-24)8-16(7-14)11-24)30-23-29-5-2-17(32-23)22(33)31-18-12-28-4-3-19(18)34-21(27)20(25)26/h2-5,12-16,20-21H,6-11H2,1H3,(H,31,33)(H,29,30,32). The van der Waals surface area contributed by atoms with E-state index in [2.05, 4.69) is 37.2 Å². The first kappa shape index (κ1) is 22.9. The van der Waals surface area contributed by atoms with Crippen LogP contribution in [0.1, 0.15) is 55.9 Å². The van der Waals surface area contributed by atoms with Gasteiger partial charge in [-0.2, -0.15) is 4.39 Å². The highest BCUT2D eigenvalue weighted by Gasteiger charge is 2.53. The Labute approximate surface area is 195 Å². The van der Waals surface area contributed by atoms with Crippen LogP contribution >= 0.6 is 0 Å². The van der Waals surface area contributed by atoms with E-state index in [0.717, 1.165) is 17.8 Å². The second-order valence-corrected chi connectivity index (χ2v) is 10.0. The minimum Gasteiger partial charge on any atom is -0.452 e. The first-order valence-corrected chi connectivity index (χ1v) is 11.7. The quantitative estimate of drug-likeness (QED) is 0.554. The van der Waals surface area contributed by atoms with E-state index in [9.17, 15) is 18.0 Å². The molecular weight excluding hydrogens is 447 g/mol. The third-order valence-electron chi connectivity index (χ3n) is 7.70. The van der Waals surface area contributed by atoms with Gasteiger partial charge in [0.25, 0.3) is 12.3 Å². The molecule has 10 heteroatoms. The molecule has 0 aliphatic heterocycles. The zero-order chi connectivity index (χ0) is 23.9. The van der Waals surface area contributed by atoms with Crippen LogP contribution in [0.2, 0.25) is 0 Å². The summed E-state index contributed by atoms with van der Waals surface area (Å²) in [7, 11) is 0. The fourth-order valence-corrected chi connectivity index (χ4v) is 6.55. The van der Waals surface area contributed by atoms with Crippen LogP contribution in [0.3, 0.4) is 0 Å². The molecule has 2 N–H and O–H groups in total. The van der Waals surface area contributed by atoms with Crippen LogP contribution in [0.4, 0.5) is 24.8 Å². The summed E-state index contributed by atoms with van der Waals surface area (Å²) in [6.45, 7) is 2.18. The van der Waals surface area contributed by atoms with Crippen molar-refractivity contribution in [2.24, 2.45) is 23.2 Å². The molecule has 7 nitrogen and oxygen atoms in total. The number of hydrogen-bond acceptors (Lipinski definition) is 6. The van der Waals surface area contributed by atoms with Gasteiger partial charge in [-0.05, 0) is 74.7 Å². The van der Waals surface area contributed by atoms with Crippen molar-refractivity contribution in [3.8, 4) is 5.75 Å². The molecule has 1 amide bonds. The van der Waals surface area contributed by atoms with E-state index in [4.69, 9.17) is 0 Å². The molecule has 34 heavy (non-hydrogen) atoms. The predicted octanol–water partition coefficient (Wildman–Crippen LogP) is 5.08. The third-order valence-corrected chi connectivity index (χ3v) is 7.70. The molecule has 0 saturated heterocycles. The minimum absolute atomic E-state index is 0.0362. The lowest BCUT2D eigenvalue weighted by Gasteiger charge is -2.59. The number of nitrogens with zero attached hydrogens (tertiary/aromatic N) is 3. The Morgan fingerprint density at radius 3 is 2.41 bits per heavy atom. The first-order valence-electron chi connectivity index (χ1n) is 11.7. The molecule has 0 spiro atoms. The maximum Gasteiger partial charge on any atom is 0.304 e. The van der Waals surface area contributed by atoms with Crippen molar-refractivity contribution < 1.29 is 22.7 Å². The molecule has 4 bridgehead atoms. The molecule has 2 aromatic rings. The second-order valence-electron chi connectivity index (χ2n) is 10.0. The molecule has 6 rings (SSSR count). The molecule has 182 valence electrons. The fraction of sp³-hybridized carbons (Fsp3) is 0.583. The maximum absolute atomic E-state index is 13.4. The van der Waals surface area contributed by atoms with Gasteiger partial charge < -0.3 is 15.4 Å². The molecule has 2 heterocycles. The Balaban J connectivity index is 1.27. The van der Waals surface area contributed by atoms with Gasteiger partial charge in [-0.3, -0.25) is 9.78 Å². The SMILES string of the molecule is CC(Nc1nccc(C(=O)Nc2cnccc2OC(F)C(F)F)n1)C12CC3CC(CC(C3)C1)C2. The van der Waals surface area contributed by atoms with Gasteiger partial charge in [-0.15, -0.1) is 0 Å². The van der Waals surface area contributed by atoms with Crippen molar-refractivity contribution >= 4 is 17.5 Å². The number of halogens is 3. The molecule has 0 aromatic carbocycles. The van der Waals surface area contributed by atoms with Crippen LogP contribution in [0.5, 0.6) is 5.75 Å². The zero-order valence-electron chi connectivity index (χ0n) is 18.9. The number of rotatable bonds is 8. The zero-order valence-corrected chi connectivity index (χ0v) is 18.9. The number of anilines is 2. The number of carbonyl (C=O) groups is 1. The number of ether oxygens (including phenoxy) is 1. The highest BCUT2D eigenvalue weighted by molar-refractivity contribution is 6.03. The van der Waals surface area contributed by atoms with Gasteiger partial charge in [0.15, 0.2) is 0 Å². The maximum atomic E-state index is 13.4. The van der Waals surface area contributed by atoms with E-state index in [-0.39, 0.29) is 28.6 Å². The molecule has 2 aromatic heterocycles. The van der Waals surface area contributed by atoms with Gasteiger partial charge in [0.05, 0.1) is 6.20 Å². The van der Waals surface area contributed by atoms with Crippen LogP contribution in [0.25, 0.3) is 0 Å². The lowest BCUT2D eigenvalue weighted by atomic mass is 9.48. The molecule has 4 aliphatic rings. The van der Waals surface area contributed by atoms with E-state index < -0.39 is 18.7 Å². The van der Waals surface area contributed by atoms with Crippen LogP contribution in [0.15, 0.2) is 30.7 Å². The molecule has 4 fully saturated rings. The Morgan fingerprint density at radius 1 is 1.09 bits per heavy atom. The van der Waals surface area contributed by atoms with Gasteiger partial charge in [0, 0.05) is 24.5 Å². The molecule has 0 radical (unpaired) electrons. The first-order chi connectivity index (χ1) is 16.3. The molecule has 4 aliphatic carbocycles. The summed E-state index contributed by atoms with van der Waals surface area (Å²) < 4.78 is 43.0. The van der Waals surface area contributed by atoms with Crippen LogP contribution in [0, 0.1) is 23.2 Å². The second kappa shape index (κ2) is 9.03. The number of hydrogen-bond donors (Lipinski definition) is 2. The Kier molecular flexibility index (Phi) is 6.07. The van der Waals surface area contributed by atoms with Crippen LogP contribution < -0.4 is 15.4 Å². The fourth-order valence-electron chi connectivity index (χ4n) is 6.55.